The second-order valence-electron chi connectivity index (χ2n) is 8.33. The van der Waals surface area contributed by atoms with Crippen LogP contribution < -0.4 is 0 Å². The molecule has 2 heterocycles. The minimum Gasteiger partial charge on any atom is -0.396 e. The highest BCUT2D eigenvalue weighted by Crippen LogP contribution is 2.49. The van der Waals surface area contributed by atoms with Crippen LogP contribution in [0.25, 0.3) is 0 Å². The second-order valence-corrected chi connectivity index (χ2v) is 8.33. The lowest BCUT2D eigenvalue weighted by Gasteiger charge is -2.32. The quantitative estimate of drug-likeness (QED) is 0.700. The van der Waals surface area contributed by atoms with Gasteiger partial charge in [-0.25, -0.2) is 0 Å². The normalized spacial score (nSPS) is 40.4. The number of aliphatic hydroxyl groups excluding tert-OH is 1. The molecule has 2 saturated heterocycles. The molecule has 0 aromatic heterocycles. The van der Waals surface area contributed by atoms with Crippen molar-refractivity contribution >= 4 is 0 Å². The predicted octanol–water partition coefficient (Wildman–Crippen LogP) is 3.41. The Morgan fingerprint density at radius 3 is 2.50 bits per heavy atom. The molecule has 5 nitrogen and oxygen atoms in total. The Morgan fingerprint density at radius 1 is 1.04 bits per heavy atom. The molecule has 0 radical (unpaired) electrons. The molecule has 148 valence electrons. The van der Waals surface area contributed by atoms with Crippen molar-refractivity contribution in [1.29, 1.82) is 0 Å². The van der Waals surface area contributed by atoms with Gasteiger partial charge in [-0.15, -0.1) is 0 Å². The van der Waals surface area contributed by atoms with Crippen LogP contribution in [0.4, 0.5) is 0 Å². The molecule has 0 spiro atoms. The van der Waals surface area contributed by atoms with Crippen LogP contribution in [0.5, 0.6) is 0 Å². The maximum atomic E-state index is 9.27. The fraction of sp³-hybridized carbons (Fsp3) is 0.905. The Balaban J connectivity index is 1.37. The van der Waals surface area contributed by atoms with E-state index in [1.165, 1.54) is 18.4 Å². The van der Waals surface area contributed by atoms with Crippen LogP contribution in [0.2, 0.25) is 0 Å². The van der Waals surface area contributed by atoms with Gasteiger partial charge in [-0.2, -0.15) is 0 Å². The van der Waals surface area contributed by atoms with E-state index >= 15 is 0 Å². The van der Waals surface area contributed by atoms with Crippen LogP contribution in [0.3, 0.4) is 0 Å². The molecular formula is C21H34O5. The van der Waals surface area contributed by atoms with Crippen LogP contribution in [0.15, 0.2) is 11.6 Å². The predicted molar refractivity (Wildman–Crippen MR) is 97.5 cm³/mol. The number of allylic oxidation sites excluding steroid dienone is 1. The van der Waals surface area contributed by atoms with Crippen molar-refractivity contribution in [2.75, 3.05) is 26.4 Å². The van der Waals surface area contributed by atoms with E-state index in [0.29, 0.717) is 24.4 Å². The molecule has 5 heteroatoms. The molecule has 2 aliphatic heterocycles. The van der Waals surface area contributed by atoms with Gasteiger partial charge < -0.3 is 24.1 Å². The average molecular weight is 366 g/mol. The number of hydrogen-bond acceptors (Lipinski definition) is 5. The van der Waals surface area contributed by atoms with Gasteiger partial charge in [0.2, 0.25) is 0 Å². The summed E-state index contributed by atoms with van der Waals surface area (Å²) in [5.74, 6) is 1.53. The Kier molecular flexibility index (Phi) is 6.65. The zero-order chi connectivity index (χ0) is 17.8. The highest BCUT2D eigenvalue weighted by Gasteiger charge is 2.47. The molecule has 1 N–H and O–H groups in total. The zero-order valence-electron chi connectivity index (χ0n) is 15.8. The van der Waals surface area contributed by atoms with E-state index in [-0.39, 0.29) is 25.3 Å². The first-order valence-electron chi connectivity index (χ1n) is 10.6. The number of aliphatic hydroxyl groups is 1. The van der Waals surface area contributed by atoms with Gasteiger partial charge in [-0.1, -0.05) is 11.6 Å². The van der Waals surface area contributed by atoms with Gasteiger partial charge in [0.05, 0.1) is 12.7 Å². The minimum absolute atomic E-state index is 0.0399. The fourth-order valence-corrected chi connectivity index (χ4v) is 5.17. The first-order chi connectivity index (χ1) is 12.8. The van der Waals surface area contributed by atoms with Gasteiger partial charge in [-0.3, -0.25) is 0 Å². The molecule has 0 aromatic rings. The summed E-state index contributed by atoms with van der Waals surface area (Å²) in [5.41, 5.74) is 1.41. The van der Waals surface area contributed by atoms with Gasteiger partial charge >= 0.3 is 0 Å². The lowest BCUT2D eigenvalue weighted by Crippen LogP contribution is -2.35. The summed E-state index contributed by atoms with van der Waals surface area (Å²) < 4.78 is 24.2. The van der Waals surface area contributed by atoms with Crippen molar-refractivity contribution in [2.24, 2.45) is 17.8 Å². The molecule has 3 fully saturated rings. The third kappa shape index (κ3) is 4.50. The van der Waals surface area contributed by atoms with E-state index in [9.17, 15) is 5.11 Å². The Labute approximate surface area is 157 Å². The molecule has 0 aromatic carbocycles. The monoisotopic (exact) mass is 366 g/mol. The van der Waals surface area contributed by atoms with Crippen molar-refractivity contribution < 1.29 is 24.1 Å². The Bertz CT molecular complexity index is 467. The number of fused-ring (bicyclic) bond motifs is 1. The number of ether oxygens (including phenoxy) is 4. The first-order valence-corrected chi connectivity index (χ1v) is 10.6. The van der Waals surface area contributed by atoms with E-state index in [1.807, 2.05) is 0 Å². The summed E-state index contributed by atoms with van der Waals surface area (Å²) in [6.45, 7) is 2.60. The summed E-state index contributed by atoms with van der Waals surface area (Å²) in [5, 5.41) is 9.27. The summed E-state index contributed by atoms with van der Waals surface area (Å²) in [4.78, 5) is 0. The third-order valence-electron chi connectivity index (χ3n) is 6.54. The van der Waals surface area contributed by atoms with E-state index < -0.39 is 0 Å². The molecule has 6 atom stereocenters. The highest BCUT2D eigenvalue weighted by atomic mass is 16.7. The minimum atomic E-state index is -0.0411. The van der Waals surface area contributed by atoms with Crippen LogP contribution in [0.1, 0.15) is 57.8 Å². The summed E-state index contributed by atoms with van der Waals surface area (Å²) in [6.07, 6.45) is 12.2. The largest absolute Gasteiger partial charge is 0.396 e. The highest BCUT2D eigenvalue weighted by molar-refractivity contribution is 5.18. The molecule has 1 saturated carbocycles. The molecule has 26 heavy (non-hydrogen) atoms. The van der Waals surface area contributed by atoms with Crippen LogP contribution in [0, 0.1) is 17.8 Å². The lowest BCUT2D eigenvalue weighted by atomic mass is 9.90. The molecular weight excluding hydrogens is 332 g/mol. The van der Waals surface area contributed by atoms with Crippen molar-refractivity contribution in [3.8, 4) is 0 Å². The van der Waals surface area contributed by atoms with Crippen molar-refractivity contribution in [2.45, 2.75) is 76.5 Å². The van der Waals surface area contributed by atoms with Crippen molar-refractivity contribution in [3.05, 3.63) is 11.6 Å². The SMILES string of the molecule is OCCC1=C[C@@H]2C[C@H](OC3CCCCO3)[C@@H](COC3CCCCO3)[C@@H]2C1. The molecule has 2 unspecified atom stereocenters. The van der Waals surface area contributed by atoms with Crippen molar-refractivity contribution in [3.63, 3.8) is 0 Å². The average Bonchev–Trinajstić information content (AvgIpc) is 3.19. The number of hydrogen-bond donors (Lipinski definition) is 1. The summed E-state index contributed by atoms with van der Waals surface area (Å²) in [6, 6.07) is 0. The second kappa shape index (κ2) is 9.16. The maximum absolute atomic E-state index is 9.27. The van der Waals surface area contributed by atoms with E-state index in [0.717, 1.165) is 58.2 Å². The number of rotatable bonds is 7. The van der Waals surface area contributed by atoms with E-state index in [1.54, 1.807) is 0 Å². The van der Waals surface area contributed by atoms with Gasteiger partial charge in [0.15, 0.2) is 12.6 Å². The molecule has 2 aliphatic carbocycles. The molecule has 0 amide bonds. The van der Waals surface area contributed by atoms with E-state index in [2.05, 4.69) is 6.08 Å². The van der Waals surface area contributed by atoms with Gasteiger partial charge in [-0.05, 0) is 69.6 Å². The Hall–Kier alpha value is -0.460. The lowest BCUT2D eigenvalue weighted by molar-refractivity contribution is -0.211. The summed E-state index contributed by atoms with van der Waals surface area (Å²) in [7, 11) is 0. The summed E-state index contributed by atoms with van der Waals surface area (Å²) >= 11 is 0. The molecule has 4 aliphatic rings. The molecule has 0 bridgehead atoms. The Morgan fingerprint density at radius 2 is 1.81 bits per heavy atom. The van der Waals surface area contributed by atoms with Gasteiger partial charge in [0.25, 0.3) is 0 Å². The fourth-order valence-electron chi connectivity index (χ4n) is 5.17. The zero-order valence-corrected chi connectivity index (χ0v) is 15.8. The topological polar surface area (TPSA) is 57.2 Å². The van der Waals surface area contributed by atoms with Crippen LogP contribution in [-0.2, 0) is 18.9 Å². The van der Waals surface area contributed by atoms with Gasteiger partial charge in [0.1, 0.15) is 0 Å². The first kappa shape index (κ1) is 18.9. The molecule has 4 rings (SSSR count). The standard InChI is InChI=1S/C21H34O5/c22-8-7-15-11-16-13-19(26-21-6-2-4-10-24-21)18(17(16)12-15)14-25-20-5-1-3-9-23-20/h11,16-22H,1-10,12-14H2/t16-,17-,18+,19+,20?,21?/m1/s1. The smallest absolute Gasteiger partial charge is 0.157 e. The third-order valence-corrected chi connectivity index (χ3v) is 6.54. The van der Waals surface area contributed by atoms with Crippen molar-refractivity contribution in [1.82, 2.24) is 0 Å². The van der Waals surface area contributed by atoms with E-state index in [4.69, 9.17) is 18.9 Å². The van der Waals surface area contributed by atoms with Crippen LogP contribution >= 0.6 is 0 Å². The van der Waals surface area contributed by atoms with Gasteiger partial charge in [0, 0.05) is 25.7 Å². The maximum Gasteiger partial charge on any atom is 0.157 e. The van der Waals surface area contributed by atoms with Crippen LogP contribution in [-0.4, -0.2) is 50.2 Å².